The number of rotatable bonds is 4. The Morgan fingerprint density at radius 1 is 1.03 bits per heavy atom. The van der Waals surface area contributed by atoms with Crippen LogP contribution in [0.25, 0.3) is 10.9 Å². The molecule has 2 unspecified atom stereocenters. The van der Waals surface area contributed by atoms with Crippen molar-refractivity contribution in [2.24, 2.45) is 0 Å². The van der Waals surface area contributed by atoms with Crippen LogP contribution in [0.3, 0.4) is 0 Å². The summed E-state index contributed by atoms with van der Waals surface area (Å²) in [5.41, 5.74) is 1.15. The maximum atomic E-state index is 13.0. The van der Waals surface area contributed by atoms with Gasteiger partial charge in [-0.25, -0.2) is 13.2 Å². The number of nitrogens with one attached hydrogen (secondary N) is 1. The number of pyridine rings is 1. The van der Waals surface area contributed by atoms with Gasteiger partial charge in [0.1, 0.15) is 4.90 Å². The fourth-order valence-corrected chi connectivity index (χ4v) is 5.72. The summed E-state index contributed by atoms with van der Waals surface area (Å²) in [6, 6.07) is 14.4. The van der Waals surface area contributed by atoms with Crippen LogP contribution in [0, 0.1) is 0 Å². The third-order valence-electron chi connectivity index (χ3n) is 5.75. The summed E-state index contributed by atoms with van der Waals surface area (Å²) in [5, 5.41) is 0.724. The zero-order valence-corrected chi connectivity index (χ0v) is 21.5. The lowest BCUT2D eigenvalue weighted by Gasteiger charge is -2.43. The molecule has 1 saturated heterocycles. The van der Waals surface area contributed by atoms with E-state index < -0.39 is 16.1 Å². The standard InChI is InChI=1S/C23H23IN4O5S/c1-15-13-27(14-16(2)28(15)23(30)33-24)22(29)18-8-10-19(11-9-18)26-34(31,32)20-7-3-5-17-6-4-12-25-21(17)20/h3-12,15-16,26H,13-14H2,1-2H3. The number of piperazine rings is 1. The van der Waals surface area contributed by atoms with Crippen LogP contribution in [0.5, 0.6) is 0 Å². The van der Waals surface area contributed by atoms with Gasteiger partial charge in [0.15, 0.2) is 23.0 Å². The maximum absolute atomic E-state index is 13.0. The molecule has 1 aromatic heterocycles. The fourth-order valence-electron chi connectivity index (χ4n) is 4.25. The summed E-state index contributed by atoms with van der Waals surface area (Å²) < 4.78 is 33.4. The highest BCUT2D eigenvalue weighted by Crippen LogP contribution is 2.24. The molecule has 2 aromatic carbocycles. The van der Waals surface area contributed by atoms with Crippen molar-refractivity contribution in [2.75, 3.05) is 17.8 Å². The SMILES string of the molecule is CC1CN(C(=O)c2ccc(NS(=O)(=O)c3cccc4cccnc34)cc2)CC(C)N1C(=O)OI. The Morgan fingerprint density at radius 3 is 2.32 bits per heavy atom. The number of para-hydroxylation sites is 1. The van der Waals surface area contributed by atoms with Gasteiger partial charge in [-0.2, -0.15) is 0 Å². The Bertz CT molecular complexity index is 1320. The highest BCUT2D eigenvalue weighted by Gasteiger charge is 2.36. The van der Waals surface area contributed by atoms with Gasteiger partial charge in [0, 0.05) is 35.9 Å². The van der Waals surface area contributed by atoms with Gasteiger partial charge in [0.25, 0.3) is 15.9 Å². The third-order valence-corrected chi connectivity index (χ3v) is 7.54. The van der Waals surface area contributed by atoms with Crippen LogP contribution in [-0.2, 0) is 13.1 Å². The average Bonchev–Trinajstić information content (AvgIpc) is 2.82. The summed E-state index contributed by atoms with van der Waals surface area (Å²) >= 11 is 1.56. The number of hydrogen-bond donors (Lipinski definition) is 1. The van der Waals surface area contributed by atoms with Crippen LogP contribution >= 0.6 is 23.0 Å². The number of halogens is 1. The topological polar surface area (TPSA) is 109 Å². The number of anilines is 1. The molecule has 0 bridgehead atoms. The molecule has 1 aliphatic heterocycles. The van der Waals surface area contributed by atoms with E-state index in [1.54, 1.807) is 87.5 Å². The molecule has 0 spiro atoms. The number of hydrogen-bond acceptors (Lipinski definition) is 6. The molecule has 0 aliphatic carbocycles. The molecule has 1 fully saturated rings. The molecule has 2 heterocycles. The molecule has 1 aliphatic rings. The zero-order chi connectivity index (χ0) is 24.5. The lowest BCUT2D eigenvalue weighted by Crippen LogP contribution is -2.59. The van der Waals surface area contributed by atoms with Gasteiger partial charge in [-0.3, -0.25) is 19.4 Å². The van der Waals surface area contributed by atoms with Crippen molar-refractivity contribution >= 4 is 61.6 Å². The van der Waals surface area contributed by atoms with E-state index in [1.807, 2.05) is 13.8 Å². The summed E-state index contributed by atoms with van der Waals surface area (Å²) in [7, 11) is -3.88. The Morgan fingerprint density at radius 2 is 1.68 bits per heavy atom. The molecule has 0 radical (unpaired) electrons. The van der Waals surface area contributed by atoms with E-state index in [0.29, 0.717) is 29.9 Å². The van der Waals surface area contributed by atoms with Gasteiger partial charge < -0.3 is 7.97 Å². The molecule has 0 saturated carbocycles. The van der Waals surface area contributed by atoms with E-state index in [1.165, 1.54) is 6.07 Å². The smallest absolute Gasteiger partial charge is 0.378 e. The van der Waals surface area contributed by atoms with Gasteiger partial charge in [-0.1, -0.05) is 18.2 Å². The van der Waals surface area contributed by atoms with Crippen molar-refractivity contribution < 1.29 is 21.1 Å². The van der Waals surface area contributed by atoms with Crippen LogP contribution in [-0.4, -0.2) is 60.4 Å². The molecule has 3 aromatic rings. The molecule has 2 atom stereocenters. The molecule has 4 rings (SSSR count). The quantitative estimate of drug-likeness (QED) is 0.457. The second-order valence-electron chi connectivity index (χ2n) is 8.17. The number of sulfonamides is 1. The van der Waals surface area contributed by atoms with Crippen LogP contribution in [0.1, 0.15) is 24.2 Å². The number of benzene rings is 2. The van der Waals surface area contributed by atoms with E-state index in [-0.39, 0.29) is 22.9 Å². The van der Waals surface area contributed by atoms with Gasteiger partial charge in [0.2, 0.25) is 0 Å². The van der Waals surface area contributed by atoms with Gasteiger partial charge in [-0.15, -0.1) is 0 Å². The molecular weight excluding hydrogens is 571 g/mol. The predicted molar refractivity (Wildman–Crippen MR) is 136 cm³/mol. The number of nitrogens with zero attached hydrogens (tertiary/aromatic N) is 3. The molecule has 11 heteroatoms. The van der Waals surface area contributed by atoms with Crippen molar-refractivity contribution in [3.05, 3.63) is 66.4 Å². The van der Waals surface area contributed by atoms with Crippen LogP contribution < -0.4 is 4.72 Å². The van der Waals surface area contributed by atoms with Crippen LogP contribution in [0.4, 0.5) is 10.5 Å². The van der Waals surface area contributed by atoms with Gasteiger partial charge in [-0.05, 0) is 50.2 Å². The summed E-state index contributed by atoms with van der Waals surface area (Å²) in [4.78, 5) is 32.6. The number of fused-ring (bicyclic) bond motifs is 1. The Kier molecular flexibility index (Phi) is 6.94. The Labute approximate surface area is 211 Å². The summed E-state index contributed by atoms with van der Waals surface area (Å²) in [5.74, 6) is -0.186. The maximum Gasteiger partial charge on any atom is 0.419 e. The second kappa shape index (κ2) is 9.74. The minimum Gasteiger partial charge on any atom is -0.378 e. The van der Waals surface area contributed by atoms with E-state index in [4.69, 9.17) is 3.07 Å². The number of carbonyl (C=O) groups is 2. The van der Waals surface area contributed by atoms with Crippen molar-refractivity contribution in [3.8, 4) is 0 Å². The van der Waals surface area contributed by atoms with Crippen molar-refractivity contribution in [2.45, 2.75) is 30.8 Å². The second-order valence-corrected chi connectivity index (χ2v) is 10.3. The first-order valence-corrected chi connectivity index (χ1v) is 12.9. The average molecular weight is 594 g/mol. The van der Waals surface area contributed by atoms with Crippen LogP contribution in [0.15, 0.2) is 65.7 Å². The monoisotopic (exact) mass is 594 g/mol. The minimum atomic E-state index is -3.88. The van der Waals surface area contributed by atoms with Crippen molar-refractivity contribution in [1.29, 1.82) is 0 Å². The predicted octanol–water partition coefficient (Wildman–Crippen LogP) is 4.06. The first-order chi connectivity index (χ1) is 16.2. The Balaban J connectivity index is 1.49. The molecule has 9 nitrogen and oxygen atoms in total. The molecular formula is C23H23IN4O5S. The van der Waals surface area contributed by atoms with E-state index >= 15 is 0 Å². The number of carbonyl (C=O) groups excluding carboxylic acids is 2. The van der Waals surface area contributed by atoms with E-state index in [2.05, 4.69) is 9.71 Å². The molecule has 1 N–H and O–H groups in total. The molecule has 178 valence electrons. The van der Waals surface area contributed by atoms with Gasteiger partial charge >= 0.3 is 6.09 Å². The fraction of sp³-hybridized carbons (Fsp3) is 0.261. The zero-order valence-electron chi connectivity index (χ0n) is 18.5. The lowest BCUT2D eigenvalue weighted by molar-refractivity contribution is 0.0378. The number of aromatic nitrogens is 1. The highest BCUT2D eigenvalue weighted by atomic mass is 127. The third kappa shape index (κ3) is 4.80. The Hall–Kier alpha value is -2.93. The molecule has 2 amide bonds. The normalized spacial score (nSPS) is 18.6. The first kappa shape index (κ1) is 24.2. The lowest BCUT2D eigenvalue weighted by atomic mass is 10.1. The van der Waals surface area contributed by atoms with Crippen molar-refractivity contribution in [1.82, 2.24) is 14.8 Å². The summed E-state index contributed by atoms with van der Waals surface area (Å²) in [6.07, 6.45) is 1.12. The van der Waals surface area contributed by atoms with Crippen molar-refractivity contribution in [3.63, 3.8) is 0 Å². The van der Waals surface area contributed by atoms with Crippen LogP contribution in [0.2, 0.25) is 0 Å². The number of amides is 2. The van der Waals surface area contributed by atoms with E-state index in [0.717, 1.165) is 5.39 Å². The van der Waals surface area contributed by atoms with Gasteiger partial charge in [0.05, 0.1) is 17.6 Å². The molecule has 34 heavy (non-hydrogen) atoms. The van der Waals surface area contributed by atoms with E-state index in [9.17, 15) is 18.0 Å². The first-order valence-electron chi connectivity index (χ1n) is 10.6. The minimum absolute atomic E-state index is 0.0802. The largest absolute Gasteiger partial charge is 0.419 e. The summed E-state index contributed by atoms with van der Waals surface area (Å²) in [6.45, 7) is 4.47. The highest BCUT2D eigenvalue weighted by molar-refractivity contribution is 14.1.